The molecular weight excluding hydrogens is 562 g/mol. The molecule has 0 aliphatic heterocycles. The Bertz CT molecular complexity index is 1820. The number of fused-ring (bicyclic) bond motifs is 4. The number of ketones is 1. The molecule has 0 saturated heterocycles. The van der Waals surface area contributed by atoms with Crippen molar-refractivity contribution < 1.29 is 23.9 Å². The normalized spacial score (nSPS) is 11.6. The lowest BCUT2D eigenvalue weighted by molar-refractivity contribution is 0.0510. The maximum atomic E-state index is 12.9. The van der Waals surface area contributed by atoms with Crippen molar-refractivity contribution >= 4 is 66.4 Å². The number of hydrogen-bond donors (Lipinski definition) is 3. The maximum Gasteiger partial charge on any atom is 0.355 e. The van der Waals surface area contributed by atoms with Crippen molar-refractivity contribution in [2.75, 3.05) is 13.2 Å². The first-order valence-electron chi connectivity index (χ1n) is 12.9. The summed E-state index contributed by atoms with van der Waals surface area (Å²) in [4.78, 5) is 48.5. The number of halogens is 1. The van der Waals surface area contributed by atoms with Gasteiger partial charge in [0.15, 0.2) is 5.78 Å². The molecule has 202 valence electrons. The fourth-order valence-corrected chi connectivity index (χ4v) is 6.09. The van der Waals surface area contributed by atoms with Gasteiger partial charge in [-0.15, -0.1) is 0 Å². The monoisotopic (exact) mass is 591 g/mol. The van der Waals surface area contributed by atoms with E-state index in [9.17, 15) is 14.4 Å². The number of aryl methyl sites for hydroxylation is 2. The molecule has 0 bridgehead atoms. The zero-order valence-electron chi connectivity index (χ0n) is 22.8. The van der Waals surface area contributed by atoms with E-state index >= 15 is 0 Å². The number of nitrogens with one attached hydrogen (secondary N) is 3. The highest BCUT2D eigenvalue weighted by molar-refractivity contribution is 9.10. The molecule has 0 radical (unpaired) electrons. The minimum atomic E-state index is -0.501. The summed E-state index contributed by atoms with van der Waals surface area (Å²) in [5, 5.41) is 2.90. The van der Waals surface area contributed by atoms with Crippen LogP contribution >= 0.6 is 15.9 Å². The second-order valence-electron chi connectivity index (χ2n) is 9.70. The Morgan fingerprint density at radius 1 is 0.821 bits per heavy atom. The zero-order valence-corrected chi connectivity index (χ0v) is 24.4. The van der Waals surface area contributed by atoms with Gasteiger partial charge in [-0.2, -0.15) is 0 Å². The van der Waals surface area contributed by atoms with E-state index in [0.717, 1.165) is 53.9 Å². The highest BCUT2D eigenvalue weighted by Gasteiger charge is 2.27. The number of carbonyl (C=O) groups excluding carboxylic acids is 3. The van der Waals surface area contributed by atoms with E-state index in [4.69, 9.17) is 9.47 Å². The third-order valence-corrected chi connectivity index (χ3v) is 7.85. The van der Waals surface area contributed by atoms with Crippen LogP contribution in [0.4, 0.5) is 0 Å². The molecule has 39 heavy (non-hydrogen) atoms. The quantitative estimate of drug-likeness (QED) is 0.140. The topological polar surface area (TPSA) is 117 Å². The van der Waals surface area contributed by atoms with Crippen LogP contribution in [0, 0.1) is 20.8 Å². The summed E-state index contributed by atoms with van der Waals surface area (Å²) < 4.78 is 11.5. The number of rotatable bonds is 7. The number of hydrogen-bond acceptors (Lipinski definition) is 5. The fraction of sp³-hybridized carbons (Fsp3) is 0.300. The molecule has 0 fully saturated rings. The minimum Gasteiger partial charge on any atom is -0.461 e. The fourth-order valence-electron chi connectivity index (χ4n) is 5.73. The van der Waals surface area contributed by atoms with Gasteiger partial charge in [-0.05, 0) is 82.0 Å². The van der Waals surface area contributed by atoms with Gasteiger partial charge >= 0.3 is 11.9 Å². The molecule has 5 aromatic rings. The average molecular weight is 592 g/mol. The molecule has 9 heteroatoms. The van der Waals surface area contributed by atoms with Gasteiger partial charge in [0.05, 0.1) is 24.2 Å². The number of aromatic amines is 3. The van der Waals surface area contributed by atoms with Crippen LogP contribution in [0.2, 0.25) is 0 Å². The standard InChI is InChI=1S/C30H30BrN3O5/c1-7-38-29(36)26-15(5)23(16(6)35)21(33-26)12-19-24-18-11-17(31)9-10-20(18)32-25(24)13(3)22-14(4)27(34-28(19)22)30(37)39-8-2/h9-11,32-34H,7-8,12H2,1-6H3. The number of aromatic nitrogens is 3. The summed E-state index contributed by atoms with van der Waals surface area (Å²) >= 11 is 3.60. The first-order chi connectivity index (χ1) is 18.6. The highest BCUT2D eigenvalue weighted by Crippen LogP contribution is 2.41. The van der Waals surface area contributed by atoms with E-state index in [-0.39, 0.29) is 24.7 Å². The van der Waals surface area contributed by atoms with Crippen molar-refractivity contribution in [3.05, 3.63) is 67.6 Å². The number of H-pyrrole nitrogens is 3. The molecule has 0 unspecified atom stereocenters. The van der Waals surface area contributed by atoms with E-state index in [0.29, 0.717) is 28.9 Å². The lowest BCUT2D eigenvalue weighted by Gasteiger charge is -2.11. The summed E-state index contributed by atoms with van der Waals surface area (Å²) in [5.41, 5.74) is 7.72. The van der Waals surface area contributed by atoms with Crippen molar-refractivity contribution in [1.82, 2.24) is 15.0 Å². The molecule has 0 amide bonds. The smallest absolute Gasteiger partial charge is 0.355 e. The molecule has 3 N–H and O–H groups in total. The average Bonchev–Trinajstić information content (AvgIpc) is 3.53. The van der Waals surface area contributed by atoms with Crippen LogP contribution in [0.3, 0.4) is 0 Å². The van der Waals surface area contributed by atoms with E-state index < -0.39 is 11.9 Å². The van der Waals surface area contributed by atoms with Gasteiger partial charge in [0.1, 0.15) is 11.4 Å². The summed E-state index contributed by atoms with van der Waals surface area (Å²) in [6.45, 7) is 11.2. The van der Waals surface area contributed by atoms with Crippen LogP contribution < -0.4 is 0 Å². The van der Waals surface area contributed by atoms with E-state index in [1.54, 1.807) is 20.8 Å². The molecule has 0 atom stereocenters. The van der Waals surface area contributed by atoms with Crippen molar-refractivity contribution in [2.24, 2.45) is 0 Å². The first kappa shape index (κ1) is 26.7. The zero-order chi connectivity index (χ0) is 28.2. The lowest BCUT2D eigenvalue weighted by Crippen LogP contribution is -2.07. The van der Waals surface area contributed by atoms with Gasteiger partial charge in [-0.3, -0.25) is 4.79 Å². The van der Waals surface area contributed by atoms with Gasteiger partial charge in [-0.25, -0.2) is 9.59 Å². The van der Waals surface area contributed by atoms with E-state index in [1.165, 1.54) is 6.92 Å². The second kappa shape index (κ2) is 10.0. The summed E-state index contributed by atoms with van der Waals surface area (Å²) in [6.07, 6.45) is 0.310. The molecule has 0 aliphatic carbocycles. The Labute approximate surface area is 233 Å². The lowest BCUT2D eigenvalue weighted by atomic mass is 9.93. The molecule has 0 saturated carbocycles. The molecule has 3 heterocycles. The molecule has 3 aromatic heterocycles. The van der Waals surface area contributed by atoms with Crippen molar-refractivity contribution in [3.8, 4) is 0 Å². The molecule has 8 nitrogen and oxygen atoms in total. The number of ether oxygens (including phenoxy) is 2. The van der Waals surface area contributed by atoms with Gasteiger partial charge in [0, 0.05) is 43.8 Å². The third-order valence-electron chi connectivity index (χ3n) is 7.36. The number of Topliss-reactive ketones (excluding diaryl/α,β-unsaturated/α-hetero) is 1. The van der Waals surface area contributed by atoms with Crippen LogP contribution in [0.1, 0.15) is 80.1 Å². The van der Waals surface area contributed by atoms with Crippen LogP contribution in [-0.2, 0) is 15.9 Å². The van der Waals surface area contributed by atoms with E-state index in [1.807, 2.05) is 26.0 Å². The van der Waals surface area contributed by atoms with Crippen molar-refractivity contribution in [1.29, 1.82) is 0 Å². The SMILES string of the molecule is CCOC(=O)c1[nH]c(Cc2c3[nH]c(C(=O)OCC)c(C)c3c(C)c3[nH]c4ccc(Br)cc4c23)c(C(C)=O)c1C. The second-order valence-corrected chi connectivity index (χ2v) is 10.6. The number of esters is 2. The van der Waals surface area contributed by atoms with Gasteiger partial charge in [0.25, 0.3) is 0 Å². The Hall–Kier alpha value is -3.85. The summed E-state index contributed by atoms with van der Waals surface area (Å²) in [7, 11) is 0. The van der Waals surface area contributed by atoms with Gasteiger partial charge < -0.3 is 24.4 Å². The summed E-state index contributed by atoms with van der Waals surface area (Å²) in [5.74, 6) is -1.07. The third kappa shape index (κ3) is 4.25. The molecule has 2 aromatic carbocycles. The molecule has 0 spiro atoms. The molecule has 5 rings (SSSR count). The Morgan fingerprint density at radius 3 is 2.08 bits per heavy atom. The predicted octanol–water partition coefficient (Wildman–Crippen LogP) is 6.97. The number of carbonyl (C=O) groups is 3. The van der Waals surface area contributed by atoms with Crippen molar-refractivity contribution in [3.63, 3.8) is 0 Å². The Kier molecular flexibility index (Phi) is 6.88. The largest absolute Gasteiger partial charge is 0.461 e. The number of benzene rings is 2. The predicted molar refractivity (Wildman–Crippen MR) is 155 cm³/mol. The molecular formula is C30H30BrN3O5. The van der Waals surface area contributed by atoms with Crippen LogP contribution in [0.15, 0.2) is 22.7 Å². The minimum absolute atomic E-state index is 0.148. The van der Waals surface area contributed by atoms with E-state index in [2.05, 4.69) is 36.9 Å². The van der Waals surface area contributed by atoms with Gasteiger partial charge in [0.2, 0.25) is 0 Å². The Morgan fingerprint density at radius 2 is 1.46 bits per heavy atom. The van der Waals surface area contributed by atoms with Crippen molar-refractivity contribution in [2.45, 2.75) is 48.0 Å². The summed E-state index contributed by atoms with van der Waals surface area (Å²) in [6, 6.07) is 6.06. The Balaban J connectivity index is 1.87. The maximum absolute atomic E-state index is 12.9. The highest BCUT2D eigenvalue weighted by atomic mass is 79.9. The van der Waals surface area contributed by atoms with Crippen LogP contribution in [-0.4, -0.2) is 45.9 Å². The van der Waals surface area contributed by atoms with Gasteiger partial charge in [-0.1, -0.05) is 15.9 Å². The molecule has 0 aliphatic rings. The van der Waals surface area contributed by atoms with Crippen LogP contribution in [0.25, 0.3) is 32.7 Å². The van der Waals surface area contributed by atoms with Crippen LogP contribution in [0.5, 0.6) is 0 Å². The first-order valence-corrected chi connectivity index (χ1v) is 13.7.